The monoisotopic (exact) mass is 307 g/mol. The number of aryl methyl sites for hydroxylation is 1. The summed E-state index contributed by atoms with van der Waals surface area (Å²) in [5, 5.41) is 0. The normalized spacial score (nSPS) is 10.5. The Labute approximate surface area is 133 Å². The van der Waals surface area contributed by atoms with E-state index in [-0.39, 0.29) is 5.56 Å². The molecule has 0 bridgehead atoms. The molecule has 0 atom stereocenters. The molecule has 3 aromatic rings. The van der Waals surface area contributed by atoms with E-state index in [0.29, 0.717) is 23.0 Å². The summed E-state index contributed by atoms with van der Waals surface area (Å²) in [4.78, 5) is 19.3. The molecule has 0 saturated carbocycles. The first-order valence-corrected chi connectivity index (χ1v) is 7.19. The highest BCUT2D eigenvalue weighted by Gasteiger charge is 2.08. The van der Waals surface area contributed by atoms with E-state index < -0.39 is 0 Å². The van der Waals surface area contributed by atoms with Crippen LogP contribution in [0.4, 0.5) is 5.69 Å². The van der Waals surface area contributed by atoms with Crippen molar-refractivity contribution in [2.45, 2.75) is 6.92 Å². The van der Waals surface area contributed by atoms with Gasteiger partial charge in [0.15, 0.2) is 0 Å². The third-order valence-corrected chi connectivity index (χ3v) is 3.66. The molecule has 5 heteroatoms. The Morgan fingerprint density at radius 3 is 2.65 bits per heavy atom. The number of methoxy groups -OCH3 is 1. The fraction of sp³-hybridized carbons (Fsp3) is 0.111. The average Bonchev–Trinajstić information content (AvgIpc) is 2.57. The summed E-state index contributed by atoms with van der Waals surface area (Å²) in [6, 6.07) is 14.5. The number of hydrogen-bond acceptors (Lipinski definition) is 4. The van der Waals surface area contributed by atoms with E-state index in [9.17, 15) is 4.79 Å². The topological polar surface area (TPSA) is 81.0 Å². The van der Waals surface area contributed by atoms with Gasteiger partial charge in [0.2, 0.25) is 0 Å². The molecular formula is C18H17N3O2. The van der Waals surface area contributed by atoms with Gasteiger partial charge >= 0.3 is 0 Å². The maximum atomic E-state index is 12.0. The van der Waals surface area contributed by atoms with Crippen molar-refractivity contribution in [3.05, 3.63) is 64.4 Å². The first-order valence-electron chi connectivity index (χ1n) is 7.19. The van der Waals surface area contributed by atoms with Crippen LogP contribution in [0.5, 0.6) is 5.75 Å². The number of benzene rings is 2. The molecule has 0 radical (unpaired) electrons. The number of nitrogen functional groups attached to an aromatic ring is 1. The molecule has 116 valence electrons. The second-order valence-corrected chi connectivity index (χ2v) is 5.28. The Balaban J connectivity index is 2.12. The maximum absolute atomic E-state index is 12.0. The smallest absolute Gasteiger partial charge is 0.251 e. The Morgan fingerprint density at radius 1 is 1.09 bits per heavy atom. The molecule has 5 nitrogen and oxygen atoms in total. The van der Waals surface area contributed by atoms with Gasteiger partial charge in [-0.1, -0.05) is 24.3 Å². The van der Waals surface area contributed by atoms with Crippen molar-refractivity contribution in [3.63, 3.8) is 0 Å². The average molecular weight is 307 g/mol. The number of ether oxygens (including phenoxy) is 1. The van der Waals surface area contributed by atoms with Crippen molar-refractivity contribution in [2.75, 3.05) is 12.8 Å². The third kappa shape index (κ3) is 3.08. The first kappa shape index (κ1) is 14.8. The number of nitrogens with one attached hydrogen (secondary N) is 1. The molecule has 1 heterocycles. The number of nitrogens with zero attached hydrogens (tertiary/aromatic N) is 1. The summed E-state index contributed by atoms with van der Waals surface area (Å²) in [5.74, 6) is 1.20. The number of anilines is 1. The van der Waals surface area contributed by atoms with Crippen LogP contribution in [-0.4, -0.2) is 17.1 Å². The number of hydrogen-bond donors (Lipinski definition) is 2. The zero-order valence-electron chi connectivity index (χ0n) is 13.0. The van der Waals surface area contributed by atoms with E-state index in [2.05, 4.69) is 9.97 Å². The van der Waals surface area contributed by atoms with E-state index in [1.807, 2.05) is 49.4 Å². The minimum atomic E-state index is -0.216. The van der Waals surface area contributed by atoms with Crippen LogP contribution in [0.3, 0.4) is 0 Å². The standard InChI is InChI=1S/C18H17N3O2/c1-11-6-7-12(9-15(11)19)16-10-17(22)21-18(20-16)13-4-3-5-14(8-13)23-2/h3-10H,19H2,1-2H3,(H,20,21,22). The highest BCUT2D eigenvalue weighted by atomic mass is 16.5. The van der Waals surface area contributed by atoms with Gasteiger partial charge in [0, 0.05) is 22.9 Å². The lowest BCUT2D eigenvalue weighted by atomic mass is 10.1. The van der Waals surface area contributed by atoms with E-state index >= 15 is 0 Å². The Kier molecular flexibility index (Phi) is 3.85. The lowest BCUT2D eigenvalue weighted by molar-refractivity contribution is 0.415. The van der Waals surface area contributed by atoms with Crippen molar-refractivity contribution in [1.29, 1.82) is 0 Å². The molecule has 0 amide bonds. The van der Waals surface area contributed by atoms with Crippen molar-refractivity contribution >= 4 is 5.69 Å². The predicted molar refractivity (Wildman–Crippen MR) is 91.4 cm³/mol. The van der Waals surface area contributed by atoms with Gasteiger partial charge < -0.3 is 15.5 Å². The summed E-state index contributed by atoms with van der Waals surface area (Å²) in [7, 11) is 1.60. The van der Waals surface area contributed by atoms with Crippen LogP contribution >= 0.6 is 0 Å². The van der Waals surface area contributed by atoms with Gasteiger partial charge in [0.05, 0.1) is 12.8 Å². The molecule has 3 rings (SSSR count). The zero-order chi connectivity index (χ0) is 16.4. The molecule has 0 spiro atoms. The Hall–Kier alpha value is -3.08. The van der Waals surface area contributed by atoms with Crippen LogP contribution in [-0.2, 0) is 0 Å². The molecule has 0 aliphatic rings. The summed E-state index contributed by atoms with van der Waals surface area (Å²) in [6.07, 6.45) is 0. The van der Waals surface area contributed by atoms with Crippen molar-refractivity contribution in [2.24, 2.45) is 0 Å². The largest absolute Gasteiger partial charge is 0.497 e. The highest BCUT2D eigenvalue weighted by Crippen LogP contribution is 2.24. The van der Waals surface area contributed by atoms with Gasteiger partial charge in [-0.25, -0.2) is 4.98 Å². The highest BCUT2D eigenvalue weighted by molar-refractivity contribution is 5.68. The van der Waals surface area contributed by atoms with Crippen molar-refractivity contribution < 1.29 is 4.74 Å². The van der Waals surface area contributed by atoms with Crippen LogP contribution in [0.25, 0.3) is 22.6 Å². The van der Waals surface area contributed by atoms with Crippen LogP contribution in [0, 0.1) is 6.92 Å². The van der Waals surface area contributed by atoms with Crippen LogP contribution in [0.1, 0.15) is 5.56 Å². The number of rotatable bonds is 3. The fourth-order valence-electron chi connectivity index (χ4n) is 2.31. The molecule has 0 aliphatic carbocycles. The second-order valence-electron chi connectivity index (χ2n) is 5.28. The van der Waals surface area contributed by atoms with Crippen molar-refractivity contribution in [3.8, 4) is 28.4 Å². The number of nitrogens with two attached hydrogens (primary N) is 1. The lowest BCUT2D eigenvalue weighted by Gasteiger charge is -2.08. The summed E-state index contributed by atoms with van der Waals surface area (Å²) >= 11 is 0. The first-order chi connectivity index (χ1) is 11.1. The van der Waals surface area contributed by atoms with Crippen LogP contribution in [0.2, 0.25) is 0 Å². The number of aromatic nitrogens is 2. The summed E-state index contributed by atoms with van der Waals surface area (Å²) in [5.41, 5.74) is 9.57. The molecule has 2 aromatic carbocycles. The van der Waals surface area contributed by atoms with Gasteiger partial charge in [-0.15, -0.1) is 0 Å². The van der Waals surface area contributed by atoms with E-state index in [0.717, 1.165) is 16.7 Å². The van der Waals surface area contributed by atoms with Gasteiger partial charge in [0.1, 0.15) is 11.6 Å². The number of aromatic amines is 1. The van der Waals surface area contributed by atoms with E-state index in [1.54, 1.807) is 7.11 Å². The lowest BCUT2D eigenvalue weighted by Crippen LogP contribution is -2.08. The summed E-state index contributed by atoms with van der Waals surface area (Å²) < 4.78 is 5.21. The van der Waals surface area contributed by atoms with Crippen LogP contribution in [0.15, 0.2) is 53.3 Å². The molecule has 23 heavy (non-hydrogen) atoms. The maximum Gasteiger partial charge on any atom is 0.251 e. The second kappa shape index (κ2) is 5.96. The Bertz CT molecular complexity index is 916. The molecular weight excluding hydrogens is 290 g/mol. The molecule has 0 aliphatic heterocycles. The SMILES string of the molecule is COc1cccc(-c2nc(-c3ccc(C)c(N)c3)cc(=O)[nH]2)c1. The van der Waals surface area contributed by atoms with E-state index in [1.165, 1.54) is 6.07 Å². The van der Waals surface area contributed by atoms with Crippen LogP contribution < -0.4 is 16.0 Å². The molecule has 0 unspecified atom stereocenters. The van der Waals surface area contributed by atoms with Gasteiger partial charge in [-0.2, -0.15) is 0 Å². The minimum Gasteiger partial charge on any atom is -0.497 e. The third-order valence-electron chi connectivity index (χ3n) is 3.66. The van der Waals surface area contributed by atoms with Gasteiger partial charge in [-0.05, 0) is 30.7 Å². The molecule has 1 aromatic heterocycles. The quantitative estimate of drug-likeness (QED) is 0.729. The van der Waals surface area contributed by atoms with Crippen molar-refractivity contribution in [1.82, 2.24) is 9.97 Å². The molecule has 3 N–H and O–H groups in total. The number of H-pyrrole nitrogens is 1. The Morgan fingerprint density at radius 2 is 1.91 bits per heavy atom. The zero-order valence-corrected chi connectivity index (χ0v) is 13.0. The molecule has 0 saturated heterocycles. The molecule has 0 fully saturated rings. The fourth-order valence-corrected chi connectivity index (χ4v) is 2.31. The minimum absolute atomic E-state index is 0.216. The predicted octanol–water partition coefficient (Wildman–Crippen LogP) is 3.00. The van der Waals surface area contributed by atoms with E-state index in [4.69, 9.17) is 10.5 Å². The van der Waals surface area contributed by atoms with Gasteiger partial charge in [-0.3, -0.25) is 4.79 Å². The summed E-state index contributed by atoms with van der Waals surface area (Å²) in [6.45, 7) is 1.94. The van der Waals surface area contributed by atoms with Gasteiger partial charge in [0.25, 0.3) is 5.56 Å².